The Morgan fingerprint density at radius 2 is 2.25 bits per heavy atom. The molecule has 1 aromatic rings. The van der Waals surface area contributed by atoms with E-state index in [2.05, 4.69) is 21.8 Å². The molecule has 5 nitrogen and oxygen atoms in total. The highest BCUT2D eigenvalue weighted by Gasteiger charge is 2.07. The molecule has 0 fully saturated rings. The Morgan fingerprint density at radius 3 is 2.80 bits per heavy atom. The van der Waals surface area contributed by atoms with Gasteiger partial charge in [0.05, 0.1) is 12.3 Å². The van der Waals surface area contributed by atoms with Crippen LogP contribution >= 0.6 is 11.3 Å². The van der Waals surface area contributed by atoms with Crippen molar-refractivity contribution >= 4 is 27.1 Å². The topological polar surface area (TPSA) is 61.8 Å². The standard InChI is InChI=1S/C13H23N3O2S2/c1-4-14-13(15-8-11-20(3,17)18)16(2)9-7-12-6-5-10-19-12/h5-6,10H,4,7-9,11H2,1-3H3,(H,14,15). The second-order valence-corrected chi connectivity index (χ2v) is 7.91. The van der Waals surface area contributed by atoms with E-state index in [0.29, 0.717) is 6.54 Å². The molecule has 20 heavy (non-hydrogen) atoms. The number of likely N-dealkylation sites (N-methyl/N-ethyl adjacent to an activating group) is 1. The van der Waals surface area contributed by atoms with E-state index in [1.54, 1.807) is 11.3 Å². The van der Waals surface area contributed by atoms with Gasteiger partial charge in [0.25, 0.3) is 0 Å². The monoisotopic (exact) mass is 317 g/mol. The summed E-state index contributed by atoms with van der Waals surface area (Å²) in [5.41, 5.74) is 0. The number of hydrogen-bond donors (Lipinski definition) is 1. The molecule has 0 aliphatic heterocycles. The Bertz CT molecular complexity index is 510. The number of thiophene rings is 1. The van der Waals surface area contributed by atoms with Crippen molar-refractivity contribution in [3.05, 3.63) is 22.4 Å². The average Bonchev–Trinajstić information content (AvgIpc) is 2.86. The maximum Gasteiger partial charge on any atom is 0.193 e. The van der Waals surface area contributed by atoms with Gasteiger partial charge >= 0.3 is 0 Å². The SMILES string of the molecule is CCNC(=NCCS(C)(=O)=O)N(C)CCc1cccs1. The van der Waals surface area contributed by atoms with Gasteiger partial charge in [-0.15, -0.1) is 11.3 Å². The molecule has 1 aromatic heterocycles. The fourth-order valence-electron chi connectivity index (χ4n) is 1.63. The summed E-state index contributed by atoms with van der Waals surface area (Å²) in [6, 6.07) is 4.16. The summed E-state index contributed by atoms with van der Waals surface area (Å²) in [4.78, 5) is 7.72. The van der Waals surface area contributed by atoms with Gasteiger partial charge in [0.2, 0.25) is 0 Å². The van der Waals surface area contributed by atoms with Crippen LogP contribution in [0.25, 0.3) is 0 Å². The quantitative estimate of drug-likeness (QED) is 0.607. The Morgan fingerprint density at radius 1 is 1.50 bits per heavy atom. The van der Waals surface area contributed by atoms with E-state index in [0.717, 1.165) is 25.5 Å². The zero-order valence-electron chi connectivity index (χ0n) is 12.3. The molecule has 1 heterocycles. The summed E-state index contributed by atoms with van der Waals surface area (Å²) in [5.74, 6) is 0.841. The van der Waals surface area contributed by atoms with Crippen LogP contribution in [0.1, 0.15) is 11.8 Å². The first-order valence-corrected chi connectivity index (χ1v) is 9.56. The highest BCUT2D eigenvalue weighted by molar-refractivity contribution is 7.90. The molecule has 114 valence electrons. The molecule has 0 amide bonds. The van der Waals surface area contributed by atoms with Gasteiger partial charge in [-0.2, -0.15) is 0 Å². The van der Waals surface area contributed by atoms with Gasteiger partial charge in [0.15, 0.2) is 5.96 Å². The lowest BCUT2D eigenvalue weighted by atomic mass is 10.3. The van der Waals surface area contributed by atoms with Gasteiger partial charge in [0.1, 0.15) is 9.84 Å². The van der Waals surface area contributed by atoms with Crippen LogP contribution in [0.15, 0.2) is 22.5 Å². The number of rotatable bonds is 7. The molecule has 0 aliphatic rings. The summed E-state index contributed by atoms with van der Waals surface area (Å²) >= 11 is 1.74. The van der Waals surface area contributed by atoms with Crippen molar-refractivity contribution in [2.45, 2.75) is 13.3 Å². The molecule has 1 N–H and O–H groups in total. The molecule has 0 unspecified atom stereocenters. The minimum Gasteiger partial charge on any atom is -0.357 e. The molecule has 0 aromatic carbocycles. The van der Waals surface area contributed by atoms with Crippen molar-refractivity contribution in [1.82, 2.24) is 10.2 Å². The van der Waals surface area contributed by atoms with E-state index in [1.165, 1.54) is 11.1 Å². The van der Waals surface area contributed by atoms with E-state index < -0.39 is 9.84 Å². The molecule has 0 atom stereocenters. The lowest BCUT2D eigenvalue weighted by molar-refractivity contribution is 0.487. The third-order valence-electron chi connectivity index (χ3n) is 2.69. The van der Waals surface area contributed by atoms with Crippen LogP contribution in [0, 0.1) is 0 Å². The molecule has 0 aliphatic carbocycles. The highest BCUT2D eigenvalue weighted by atomic mass is 32.2. The van der Waals surface area contributed by atoms with Gasteiger partial charge in [-0.05, 0) is 24.8 Å². The van der Waals surface area contributed by atoms with Gasteiger partial charge in [-0.25, -0.2) is 8.42 Å². The average molecular weight is 317 g/mol. The molecular weight excluding hydrogens is 294 g/mol. The first kappa shape index (κ1) is 17.0. The number of guanidine groups is 1. The molecular formula is C13H23N3O2S2. The Kier molecular flexibility index (Phi) is 7.01. The second kappa shape index (κ2) is 8.26. The second-order valence-electron chi connectivity index (χ2n) is 4.62. The Balaban J connectivity index is 2.52. The maximum absolute atomic E-state index is 11.1. The third-order valence-corrected chi connectivity index (χ3v) is 4.55. The minimum atomic E-state index is -2.96. The first-order chi connectivity index (χ1) is 9.42. The van der Waals surface area contributed by atoms with Crippen molar-refractivity contribution in [2.24, 2.45) is 4.99 Å². The molecule has 0 saturated heterocycles. The largest absolute Gasteiger partial charge is 0.357 e. The van der Waals surface area contributed by atoms with Crippen LogP contribution < -0.4 is 5.32 Å². The smallest absolute Gasteiger partial charge is 0.193 e. The van der Waals surface area contributed by atoms with Crippen LogP contribution in [-0.2, 0) is 16.3 Å². The van der Waals surface area contributed by atoms with Crippen molar-refractivity contribution < 1.29 is 8.42 Å². The summed E-state index contributed by atoms with van der Waals surface area (Å²) in [6.45, 7) is 3.91. The minimum absolute atomic E-state index is 0.0840. The van der Waals surface area contributed by atoms with Crippen LogP contribution in [-0.4, -0.2) is 58.0 Å². The molecule has 7 heteroatoms. The lowest BCUT2D eigenvalue weighted by Crippen LogP contribution is -2.40. The predicted molar refractivity (Wildman–Crippen MR) is 86.3 cm³/mol. The Hall–Kier alpha value is -1.08. The van der Waals surface area contributed by atoms with E-state index in [1.807, 2.05) is 24.9 Å². The van der Waals surface area contributed by atoms with E-state index in [4.69, 9.17) is 0 Å². The van der Waals surface area contributed by atoms with Gasteiger partial charge in [-0.1, -0.05) is 6.07 Å². The van der Waals surface area contributed by atoms with Crippen molar-refractivity contribution in [3.8, 4) is 0 Å². The maximum atomic E-state index is 11.1. The molecule has 0 spiro atoms. The zero-order valence-corrected chi connectivity index (χ0v) is 13.9. The summed E-state index contributed by atoms with van der Waals surface area (Å²) in [7, 11) is -0.992. The molecule has 0 bridgehead atoms. The van der Waals surface area contributed by atoms with Crippen molar-refractivity contribution in [3.63, 3.8) is 0 Å². The van der Waals surface area contributed by atoms with E-state index in [-0.39, 0.29) is 5.75 Å². The van der Waals surface area contributed by atoms with E-state index >= 15 is 0 Å². The fraction of sp³-hybridized carbons (Fsp3) is 0.615. The third kappa shape index (κ3) is 6.91. The number of hydrogen-bond acceptors (Lipinski definition) is 4. The number of nitrogens with zero attached hydrogens (tertiary/aromatic N) is 2. The van der Waals surface area contributed by atoms with Gasteiger partial charge in [-0.3, -0.25) is 4.99 Å². The van der Waals surface area contributed by atoms with Gasteiger partial charge < -0.3 is 10.2 Å². The summed E-state index contributed by atoms with van der Waals surface area (Å²) in [5, 5.41) is 5.25. The van der Waals surface area contributed by atoms with Crippen molar-refractivity contribution in [1.29, 1.82) is 0 Å². The number of aliphatic imine (C=N–C) groups is 1. The lowest BCUT2D eigenvalue weighted by Gasteiger charge is -2.21. The normalized spacial score (nSPS) is 12.4. The summed E-state index contributed by atoms with van der Waals surface area (Å²) < 4.78 is 22.2. The number of nitrogens with one attached hydrogen (secondary N) is 1. The molecule has 1 rings (SSSR count). The van der Waals surface area contributed by atoms with Crippen molar-refractivity contribution in [2.75, 3.05) is 38.7 Å². The number of sulfone groups is 1. The van der Waals surface area contributed by atoms with Crippen LogP contribution in [0.2, 0.25) is 0 Å². The zero-order chi connectivity index (χ0) is 15.0. The van der Waals surface area contributed by atoms with E-state index in [9.17, 15) is 8.42 Å². The fourth-order valence-corrected chi connectivity index (χ4v) is 2.75. The molecule has 0 radical (unpaired) electrons. The van der Waals surface area contributed by atoms with Crippen LogP contribution in [0.5, 0.6) is 0 Å². The highest BCUT2D eigenvalue weighted by Crippen LogP contribution is 2.09. The first-order valence-electron chi connectivity index (χ1n) is 6.62. The molecule has 0 saturated carbocycles. The van der Waals surface area contributed by atoms with Crippen LogP contribution in [0.4, 0.5) is 0 Å². The van der Waals surface area contributed by atoms with Crippen LogP contribution in [0.3, 0.4) is 0 Å². The predicted octanol–water partition coefficient (Wildman–Crippen LogP) is 1.23. The Labute approximate surface area is 125 Å². The van der Waals surface area contributed by atoms with Gasteiger partial charge in [0, 0.05) is 31.3 Å². The summed E-state index contributed by atoms with van der Waals surface area (Å²) in [6.07, 6.45) is 2.20.